The molecule has 0 unspecified atom stereocenters. The first-order chi connectivity index (χ1) is 10.2. The van der Waals surface area contributed by atoms with Crippen molar-refractivity contribution in [2.75, 3.05) is 13.1 Å². The van der Waals surface area contributed by atoms with Crippen LogP contribution in [0.25, 0.3) is 5.69 Å². The van der Waals surface area contributed by atoms with E-state index in [0.29, 0.717) is 5.56 Å². The Labute approximate surface area is 136 Å². The van der Waals surface area contributed by atoms with E-state index in [-0.39, 0.29) is 24.4 Å². The second kappa shape index (κ2) is 7.42. The Morgan fingerprint density at radius 1 is 1.32 bits per heavy atom. The highest BCUT2D eigenvalue weighted by atomic mass is 35.5. The van der Waals surface area contributed by atoms with Gasteiger partial charge in [-0.05, 0) is 56.6 Å². The lowest BCUT2D eigenvalue weighted by atomic mass is 10.1. The van der Waals surface area contributed by atoms with Crippen molar-refractivity contribution in [3.05, 3.63) is 47.8 Å². The van der Waals surface area contributed by atoms with E-state index in [9.17, 15) is 4.79 Å². The summed E-state index contributed by atoms with van der Waals surface area (Å²) in [7, 11) is 0. The van der Waals surface area contributed by atoms with E-state index >= 15 is 0 Å². The summed E-state index contributed by atoms with van der Waals surface area (Å²) in [6.07, 6.45) is 4.07. The zero-order chi connectivity index (χ0) is 14.7. The van der Waals surface area contributed by atoms with Crippen LogP contribution in [0.15, 0.2) is 36.5 Å². The van der Waals surface area contributed by atoms with Gasteiger partial charge < -0.3 is 10.6 Å². The first-order valence-corrected chi connectivity index (χ1v) is 7.37. The van der Waals surface area contributed by atoms with Gasteiger partial charge in [0.1, 0.15) is 0 Å². The Hall–Kier alpha value is -1.85. The number of nitrogens with one attached hydrogen (secondary N) is 2. The van der Waals surface area contributed by atoms with E-state index in [2.05, 4.69) is 15.7 Å². The van der Waals surface area contributed by atoms with Gasteiger partial charge in [0.2, 0.25) is 0 Å². The fourth-order valence-corrected chi connectivity index (χ4v) is 2.57. The van der Waals surface area contributed by atoms with Gasteiger partial charge in [0.05, 0.1) is 11.4 Å². The predicted molar refractivity (Wildman–Crippen MR) is 88.9 cm³/mol. The fraction of sp³-hybridized carbons (Fsp3) is 0.375. The maximum absolute atomic E-state index is 12.2. The molecule has 0 radical (unpaired) electrons. The summed E-state index contributed by atoms with van der Waals surface area (Å²) in [6.45, 7) is 3.86. The minimum absolute atomic E-state index is 0. The summed E-state index contributed by atoms with van der Waals surface area (Å²) in [5, 5.41) is 10.7. The highest BCUT2D eigenvalue weighted by Gasteiger charge is 2.16. The molecule has 5 nitrogen and oxygen atoms in total. The number of aryl methyl sites for hydroxylation is 1. The van der Waals surface area contributed by atoms with Gasteiger partial charge in [-0.15, -0.1) is 12.4 Å². The average Bonchev–Trinajstić information content (AvgIpc) is 2.95. The first-order valence-electron chi connectivity index (χ1n) is 7.37. The Bertz CT molecular complexity index is 617. The minimum Gasteiger partial charge on any atom is -0.348 e. The molecule has 22 heavy (non-hydrogen) atoms. The Morgan fingerprint density at radius 2 is 2.09 bits per heavy atom. The molecule has 118 valence electrons. The highest BCUT2D eigenvalue weighted by Crippen LogP contribution is 2.10. The second-order valence-corrected chi connectivity index (χ2v) is 5.47. The van der Waals surface area contributed by atoms with Crippen LogP contribution in [0.3, 0.4) is 0 Å². The monoisotopic (exact) mass is 320 g/mol. The Morgan fingerprint density at radius 3 is 2.68 bits per heavy atom. The summed E-state index contributed by atoms with van der Waals surface area (Å²) >= 11 is 0. The molecule has 1 aromatic carbocycles. The zero-order valence-electron chi connectivity index (χ0n) is 12.6. The number of halogens is 1. The molecule has 2 N–H and O–H groups in total. The van der Waals surface area contributed by atoms with Gasteiger partial charge >= 0.3 is 0 Å². The number of aromatic nitrogens is 2. The fourth-order valence-electron chi connectivity index (χ4n) is 2.57. The number of hydrogen-bond donors (Lipinski definition) is 2. The predicted octanol–water partition coefficient (Wildman–Crippen LogP) is 2.08. The number of piperidine rings is 1. The molecular weight excluding hydrogens is 300 g/mol. The number of nitrogens with zero attached hydrogens (tertiary/aromatic N) is 2. The minimum atomic E-state index is -0.00750. The van der Waals surface area contributed by atoms with E-state index in [1.165, 1.54) is 0 Å². The van der Waals surface area contributed by atoms with Gasteiger partial charge in [-0.2, -0.15) is 5.10 Å². The molecule has 1 amide bonds. The van der Waals surface area contributed by atoms with Crippen molar-refractivity contribution in [2.45, 2.75) is 25.8 Å². The van der Waals surface area contributed by atoms with Crippen molar-refractivity contribution in [1.29, 1.82) is 0 Å². The van der Waals surface area contributed by atoms with Crippen LogP contribution in [0.5, 0.6) is 0 Å². The van der Waals surface area contributed by atoms with E-state index in [1.807, 2.05) is 48.1 Å². The summed E-state index contributed by atoms with van der Waals surface area (Å²) in [5.74, 6) is -0.00750. The van der Waals surface area contributed by atoms with Crippen molar-refractivity contribution in [3.8, 4) is 5.69 Å². The average molecular weight is 321 g/mol. The van der Waals surface area contributed by atoms with E-state index in [0.717, 1.165) is 37.3 Å². The van der Waals surface area contributed by atoms with Gasteiger partial charge in [-0.3, -0.25) is 4.79 Å². The maximum Gasteiger partial charge on any atom is 0.251 e. The van der Waals surface area contributed by atoms with Crippen molar-refractivity contribution in [2.24, 2.45) is 0 Å². The van der Waals surface area contributed by atoms with Gasteiger partial charge in [0, 0.05) is 24.3 Å². The summed E-state index contributed by atoms with van der Waals surface area (Å²) in [5.41, 5.74) is 2.62. The number of rotatable bonds is 3. The maximum atomic E-state index is 12.2. The van der Waals surface area contributed by atoms with Gasteiger partial charge in [0.15, 0.2) is 0 Å². The third-order valence-corrected chi connectivity index (χ3v) is 3.75. The molecule has 1 aliphatic heterocycles. The second-order valence-electron chi connectivity index (χ2n) is 5.47. The molecule has 6 heteroatoms. The summed E-state index contributed by atoms with van der Waals surface area (Å²) in [4.78, 5) is 12.2. The number of amides is 1. The zero-order valence-corrected chi connectivity index (χ0v) is 13.4. The van der Waals surface area contributed by atoms with Crippen molar-refractivity contribution >= 4 is 18.3 Å². The quantitative estimate of drug-likeness (QED) is 0.910. The van der Waals surface area contributed by atoms with Gasteiger partial charge in [-0.1, -0.05) is 0 Å². The number of benzene rings is 1. The largest absolute Gasteiger partial charge is 0.348 e. The molecule has 3 rings (SSSR count). The Balaban J connectivity index is 0.00000176. The lowest BCUT2D eigenvalue weighted by molar-refractivity contribution is 0.0930. The molecule has 0 spiro atoms. The van der Waals surface area contributed by atoms with Gasteiger partial charge in [-0.25, -0.2) is 4.68 Å². The molecule has 0 saturated carbocycles. The van der Waals surface area contributed by atoms with Crippen LogP contribution in [-0.2, 0) is 0 Å². The third kappa shape index (κ3) is 3.87. The molecule has 2 aromatic rings. The smallest absolute Gasteiger partial charge is 0.251 e. The van der Waals surface area contributed by atoms with Gasteiger partial charge in [0.25, 0.3) is 5.91 Å². The number of carbonyl (C=O) groups is 1. The van der Waals surface area contributed by atoms with E-state index < -0.39 is 0 Å². The van der Waals surface area contributed by atoms with Crippen LogP contribution in [-0.4, -0.2) is 34.8 Å². The van der Waals surface area contributed by atoms with E-state index in [4.69, 9.17) is 0 Å². The van der Waals surface area contributed by atoms with Crippen LogP contribution in [0.2, 0.25) is 0 Å². The molecule has 1 atom stereocenters. The molecule has 2 heterocycles. The standard InChI is InChI=1S/C16H20N4O.ClH/c1-12-8-10-20(19-12)15-6-4-13(5-7-15)16(21)18-14-3-2-9-17-11-14;/h4-8,10,14,17H,2-3,9,11H2,1H3,(H,18,21);1H/t14-;/m0./s1. The van der Waals surface area contributed by atoms with Crippen LogP contribution < -0.4 is 10.6 Å². The van der Waals surface area contributed by atoms with Crippen molar-refractivity contribution in [3.63, 3.8) is 0 Å². The Kier molecular flexibility index (Phi) is 5.57. The third-order valence-electron chi connectivity index (χ3n) is 3.75. The lowest BCUT2D eigenvalue weighted by Crippen LogP contribution is -2.45. The van der Waals surface area contributed by atoms with Crippen LogP contribution in [0, 0.1) is 6.92 Å². The van der Waals surface area contributed by atoms with Crippen LogP contribution >= 0.6 is 12.4 Å². The first kappa shape index (κ1) is 16.5. The summed E-state index contributed by atoms with van der Waals surface area (Å²) < 4.78 is 1.81. The summed E-state index contributed by atoms with van der Waals surface area (Å²) in [6, 6.07) is 9.72. The number of carbonyl (C=O) groups excluding carboxylic acids is 1. The normalized spacial score (nSPS) is 17.6. The molecule has 1 aromatic heterocycles. The van der Waals surface area contributed by atoms with Crippen LogP contribution in [0.1, 0.15) is 28.9 Å². The molecule has 1 fully saturated rings. The topological polar surface area (TPSA) is 59.0 Å². The SMILES string of the molecule is Cc1ccn(-c2ccc(C(=O)N[C@H]3CCCNC3)cc2)n1.Cl. The lowest BCUT2D eigenvalue weighted by Gasteiger charge is -2.23. The number of hydrogen-bond acceptors (Lipinski definition) is 3. The van der Waals surface area contributed by atoms with Crippen molar-refractivity contribution < 1.29 is 4.79 Å². The van der Waals surface area contributed by atoms with Crippen molar-refractivity contribution in [1.82, 2.24) is 20.4 Å². The molecule has 0 bridgehead atoms. The molecule has 0 aliphatic carbocycles. The molecular formula is C16H21ClN4O. The van der Waals surface area contributed by atoms with Crippen LogP contribution in [0.4, 0.5) is 0 Å². The molecule has 1 saturated heterocycles. The highest BCUT2D eigenvalue weighted by molar-refractivity contribution is 5.94. The van der Waals surface area contributed by atoms with E-state index in [1.54, 1.807) is 0 Å². The molecule has 1 aliphatic rings.